The molecule has 5 aromatic rings. The zero-order valence-corrected chi connectivity index (χ0v) is 20.8. The van der Waals surface area contributed by atoms with Crippen molar-refractivity contribution in [2.45, 2.75) is 26.2 Å². The van der Waals surface area contributed by atoms with Crippen molar-refractivity contribution in [2.24, 2.45) is 7.05 Å². The Morgan fingerprint density at radius 2 is 1.73 bits per heavy atom. The number of aromatic nitrogens is 5. The van der Waals surface area contributed by atoms with E-state index in [0.29, 0.717) is 11.3 Å². The summed E-state index contributed by atoms with van der Waals surface area (Å²) in [5.41, 5.74) is 2.62. The third-order valence-electron chi connectivity index (χ3n) is 6.00. The number of carbonyl (C=O) groups is 1. The number of nitrogens with zero attached hydrogens (tertiary/aromatic N) is 5. The second kappa shape index (κ2) is 9.12. The van der Waals surface area contributed by atoms with Gasteiger partial charge in [0.05, 0.1) is 29.3 Å². The van der Waals surface area contributed by atoms with Crippen LogP contribution in [0.4, 0.5) is 25.1 Å². The molecule has 0 saturated heterocycles. The van der Waals surface area contributed by atoms with Crippen LogP contribution in [0.3, 0.4) is 0 Å². The monoisotopic (exact) mass is 501 g/mol. The third kappa shape index (κ3) is 4.65. The molecule has 0 radical (unpaired) electrons. The maximum atomic E-state index is 15.0. The fourth-order valence-corrected chi connectivity index (χ4v) is 3.99. The number of para-hydroxylation sites is 1. The lowest BCUT2D eigenvalue weighted by atomic mass is 9.92. The largest absolute Gasteiger partial charge is 0.324 e. The summed E-state index contributed by atoms with van der Waals surface area (Å²) in [5, 5.41) is 14.8. The van der Waals surface area contributed by atoms with Gasteiger partial charge in [-0.3, -0.25) is 15.0 Å². The number of halogens is 2. The van der Waals surface area contributed by atoms with E-state index in [0.717, 1.165) is 16.5 Å². The van der Waals surface area contributed by atoms with Crippen LogP contribution >= 0.6 is 0 Å². The number of pyridine rings is 1. The molecule has 2 N–H and O–H groups in total. The Morgan fingerprint density at radius 1 is 0.946 bits per heavy atom. The molecule has 0 saturated carbocycles. The molecule has 188 valence electrons. The van der Waals surface area contributed by atoms with Gasteiger partial charge in [-0.2, -0.15) is 10.2 Å². The minimum absolute atomic E-state index is 0.0134. The summed E-state index contributed by atoms with van der Waals surface area (Å²) in [6.07, 6.45) is 5.04. The predicted molar refractivity (Wildman–Crippen MR) is 139 cm³/mol. The van der Waals surface area contributed by atoms with Crippen LogP contribution in [0.1, 0.15) is 26.5 Å². The molecule has 2 aromatic carbocycles. The topological polar surface area (TPSA) is 89.7 Å². The Morgan fingerprint density at radius 3 is 2.46 bits per heavy atom. The van der Waals surface area contributed by atoms with Gasteiger partial charge in [0.1, 0.15) is 23.1 Å². The molecule has 0 bridgehead atoms. The lowest BCUT2D eigenvalue weighted by molar-refractivity contribution is 0.262. The quantitative estimate of drug-likeness (QED) is 0.314. The number of amides is 2. The Labute approximate surface area is 212 Å². The van der Waals surface area contributed by atoms with E-state index in [-0.39, 0.29) is 22.6 Å². The maximum absolute atomic E-state index is 15.0. The predicted octanol–water partition coefficient (Wildman–Crippen LogP) is 6.04. The maximum Gasteiger partial charge on any atom is 0.324 e. The molecule has 8 nitrogen and oxygen atoms in total. The summed E-state index contributed by atoms with van der Waals surface area (Å²) in [6.45, 7) is 5.88. The highest BCUT2D eigenvalue weighted by Crippen LogP contribution is 2.30. The summed E-state index contributed by atoms with van der Waals surface area (Å²) in [5.74, 6) is -0.861. The van der Waals surface area contributed by atoms with Crippen molar-refractivity contribution in [1.29, 1.82) is 0 Å². The Balaban J connectivity index is 1.41. The smallest absolute Gasteiger partial charge is 0.305 e. The van der Waals surface area contributed by atoms with E-state index >= 15 is 4.39 Å². The molecule has 0 unspecified atom stereocenters. The van der Waals surface area contributed by atoms with Crippen LogP contribution in [0.2, 0.25) is 0 Å². The second-order valence-electron chi connectivity index (χ2n) is 9.69. The van der Waals surface area contributed by atoms with E-state index in [2.05, 4.69) is 25.8 Å². The number of urea groups is 1. The van der Waals surface area contributed by atoms with Crippen LogP contribution in [0.5, 0.6) is 0 Å². The summed E-state index contributed by atoms with van der Waals surface area (Å²) in [4.78, 5) is 17.1. The van der Waals surface area contributed by atoms with Crippen molar-refractivity contribution < 1.29 is 13.6 Å². The van der Waals surface area contributed by atoms with Crippen LogP contribution in [-0.2, 0) is 12.5 Å². The van der Waals surface area contributed by atoms with E-state index < -0.39 is 17.7 Å². The highest BCUT2D eigenvalue weighted by Gasteiger charge is 2.23. The first kappa shape index (κ1) is 24.1. The van der Waals surface area contributed by atoms with Crippen LogP contribution in [0, 0.1) is 11.6 Å². The third-order valence-corrected chi connectivity index (χ3v) is 6.00. The minimum atomic E-state index is -0.694. The van der Waals surface area contributed by atoms with E-state index in [1.807, 2.05) is 27.8 Å². The molecule has 3 aromatic heterocycles. The van der Waals surface area contributed by atoms with Crippen molar-refractivity contribution >= 4 is 28.4 Å². The number of nitrogens with one attached hydrogen (secondary N) is 2. The zero-order valence-electron chi connectivity index (χ0n) is 20.8. The van der Waals surface area contributed by atoms with Gasteiger partial charge in [-0.15, -0.1) is 0 Å². The molecule has 3 heterocycles. The summed E-state index contributed by atoms with van der Waals surface area (Å²) in [6, 6.07) is 11.6. The van der Waals surface area contributed by atoms with Gasteiger partial charge in [0, 0.05) is 35.7 Å². The first-order valence-corrected chi connectivity index (χ1v) is 11.6. The van der Waals surface area contributed by atoms with Crippen LogP contribution in [0.25, 0.3) is 27.7 Å². The molecule has 10 heteroatoms. The highest BCUT2D eigenvalue weighted by atomic mass is 19.1. The van der Waals surface area contributed by atoms with Crippen molar-refractivity contribution in [2.75, 3.05) is 10.6 Å². The lowest BCUT2D eigenvalue weighted by Crippen LogP contribution is -2.22. The van der Waals surface area contributed by atoms with Gasteiger partial charge < -0.3 is 5.32 Å². The zero-order chi connectivity index (χ0) is 26.3. The molecule has 0 spiro atoms. The molecule has 0 fully saturated rings. The van der Waals surface area contributed by atoms with Crippen molar-refractivity contribution in [1.82, 2.24) is 24.5 Å². The van der Waals surface area contributed by atoms with Gasteiger partial charge in [-0.25, -0.2) is 18.3 Å². The van der Waals surface area contributed by atoms with Crippen LogP contribution in [0.15, 0.2) is 67.1 Å². The average Bonchev–Trinajstić information content (AvgIpc) is 3.44. The number of aryl methyl sites for hydroxylation is 1. The Bertz CT molecular complexity index is 1630. The number of hydrogen-bond acceptors (Lipinski definition) is 4. The molecule has 0 atom stereocenters. The van der Waals surface area contributed by atoms with Crippen LogP contribution < -0.4 is 10.6 Å². The number of hydrogen-bond donors (Lipinski definition) is 2. The minimum Gasteiger partial charge on any atom is -0.305 e. The van der Waals surface area contributed by atoms with Gasteiger partial charge >= 0.3 is 6.03 Å². The molecule has 0 aliphatic heterocycles. The fourth-order valence-electron chi connectivity index (χ4n) is 3.99. The molecule has 0 aliphatic rings. The van der Waals surface area contributed by atoms with Crippen molar-refractivity contribution in [3.05, 3.63) is 84.4 Å². The number of carbonyl (C=O) groups excluding carboxylic acids is 1. The van der Waals surface area contributed by atoms with E-state index in [9.17, 15) is 9.18 Å². The first-order chi connectivity index (χ1) is 17.6. The Kier molecular flexibility index (Phi) is 5.94. The average molecular weight is 502 g/mol. The normalized spacial score (nSPS) is 11.6. The highest BCUT2D eigenvalue weighted by molar-refractivity contribution is 6.00. The summed E-state index contributed by atoms with van der Waals surface area (Å²) < 4.78 is 32.6. The molecular weight excluding hydrogens is 476 g/mol. The number of benzene rings is 2. The molecule has 0 aliphatic carbocycles. The van der Waals surface area contributed by atoms with E-state index in [1.54, 1.807) is 53.6 Å². The first-order valence-electron chi connectivity index (χ1n) is 11.6. The summed E-state index contributed by atoms with van der Waals surface area (Å²) >= 11 is 0. The molecular formula is C27H25F2N7O. The SMILES string of the molecule is Cn1ncc2c(-c3ccc(NC(=O)Nc4cc(C(C)(C)C)nn4-c4ccccc4F)c(F)c3)cncc21. The fraction of sp³-hybridized carbons (Fsp3) is 0.185. The molecule has 2 amide bonds. The lowest BCUT2D eigenvalue weighted by Gasteiger charge is -2.14. The molecule has 5 rings (SSSR count). The van der Waals surface area contributed by atoms with E-state index in [1.165, 1.54) is 22.9 Å². The van der Waals surface area contributed by atoms with Gasteiger partial charge in [-0.05, 0) is 29.8 Å². The number of rotatable bonds is 4. The van der Waals surface area contributed by atoms with E-state index in [4.69, 9.17) is 0 Å². The Hall–Kier alpha value is -4.60. The van der Waals surface area contributed by atoms with Crippen LogP contribution in [-0.4, -0.2) is 30.6 Å². The second-order valence-corrected chi connectivity index (χ2v) is 9.69. The van der Waals surface area contributed by atoms with Crippen molar-refractivity contribution in [3.8, 4) is 16.8 Å². The van der Waals surface area contributed by atoms with Gasteiger partial charge in [0.2, 0.25) is 0 Å². The van der Waals surface area contributed by atoms with Crippen molar-refractivity contribution in [3.63, 3.8) is 0 Å². The van der Waals surface area contributed by atoms with Gasteiger partial charge in [-0.1, -0.05) is 39.0 Å². The van der Waals surface area contributed by atoms with Gasteiger partial charge in [0.15, 0.2) is 0 Å². The summed E-state index contributed by atoms with van der Waals surface area (Å²) in [7, 11) is 1.81. The number of anilines is 2. The molecule has 37 heavy (non-hydrogen) atoms. The number of fused-ring (bicyclic) bond motifs is 1. The standard InChI is InChI=1S/C27H25F2N7O/c1-27(2,3)24-12-25(36(34-24)22-8-6-5-7-19(22)28)33-26(37)32-21-10-9-16(11-20(21)29)17-13-30-15-23-18(17)14-31-35(23)4/h5-15H,1-4H3,(H2,32,33,37). The van der Waals surface area contributed by atoms with Gasteiger partial charge in [0.25, 0.3) is 0 Å².